The molecule has 1 aromatic heterocycles. The number of nitrogens with two attached hydrogens (primary N) is 1. The van der Waals surface area contributed by atoms with Crippen LogP contribution in [-0.4, -0.2) is 21.3 Å². The van der Waals surface area contributed by atoms with Crippen LogP contribution in [-0.2, 0) is 11.8 Å². The molecule has 0 saturated carbocycles. The maximum atomic E-state index is 13.4. The molecule has 2 unspecified atom stereocenters. The summed E-state index contributed by atoms with van der Waals surface area (Å²) in [4.78, 5) is 6.36. The summed E-state index contributed by atoms with van der Waals surface area (Å²) in [6.45, 7) is 9.11. The standard InChI is InChI=1S/C27H28F3N3O2/c1-15-5-8-19(27(28,29)30)13-20(15)23-14-24(34)16(2)33(23)25-21(31)11-12-22(32-25)17-6-9-18(10-7-17)26(3,4)35/h5-13,23-24,34-35H,2,14,31H2,1,3-4H3. The first-order valence-corrected chi connectivity index (χ1v) is 11.2. The Bertz CT molecular complexity index is 1260. The molecule has 1 aliphatic rings. The van der Waals surface area contributed by atoms with Gasteiger partial charge in [-0.3, -0.25) is 0 Å². The second kappa shape index (κ2) is 8.70. The molecule has 2 atom stereocenters. The van der Waals surface area contributed by atoms with E-state index in [0.29, 0.717) is 34.0 Å². The van der Waals surface area contributed by atoms with E-state index in [9.17, 15) is 23.4 Å². The minimum Gasteiger partial charge on any atom is -0.396 e. The molecule has 1 aliphatic heterocycles. The molecule has 1 saturated heterocycles. The summed E-state index contributed by atoms with van der Waals surface area (Å²) in [6.07, 6.45) is -5.29. The van der Waals surface area contributed by atoms with Crippen molar-refractivity contribution in [3.8, 4) is 11.3 Å². The summed E-state index contributed by atoms with van der Waals surface area (Å²) in [5.74, 6) is 0.317. The van der Waals surface area contributed by atoms with Gasteiger partial charge in [-0.1, -0.05) is 36.9 Å². The first-order valence-electron chi connectivity index (χ1n) is 11.2. The van der Waals surface area contributed by atoms with Gasteiger partial charge in [0.1, 0.15) is 0 Å². The van der Waals surface area contributed by atoms with Gasteiger partial charge in [-0.25, -0.2) is 4.98 Å². The van der Waals surface area contributed by atoms with Crippen LogP contribution in [0, 0.1) is 6.92 Å². The fraction of sp³-hybridized carbons (Fsp3) is 0.296. The van der Waals surface area contributed by atoms with Gasteiger partial charge >= 0.3 is 6.18 Å². The summed E-state index contributed by atoms with van der Waals surface area (Å²) >= 11 is 0. The smallest absolute Gasteiger partial charge is 0.396 e. The normalized spacial score (nSPS) is 18.9. The quantitative estimate of drug-likeness (QED) is 0.443. The fourth-order valence-corrected chi connectivity index (χ4v) is 4.40. The van der Waals surface area contributed by atoms with Gasteiger partial charge in [0.2, 0.25) is 0 Å². The van der Waals surface area contributed by atoms with Gasteiger partial charge in [-0.2, -0.15) is 13.2 Å². The third-order valence-corrected chi connectivity index (χ3v) is 6.44. The number of anilines is 2. The van der Waals surface area contributed by atoms with E-state index in [-0.39, 0.29) is 6.42 Å². The highest BCUT2D eigenvalue weighted by Crippen LogP contribution is 2.45. The first kappa shape index (κ1) is 24.8. The van der Waals surface area contributed by atoms with Gasteiger partial charge in [0.15, 0.2) is 5.82 Å². The number of rotatable bonds is 4. The van der Waals surface area contributed by atoms with Gasteiger partial charge in [-0.15, -0.1) is 0 Å². The molecular weight excluding hydrogens is 455 g/mol. The molecule has 184 valence electrons. The second-order valence-electron chi connectivity index (χ2n) is 9.44. The summed E-state index contributed by atoms with van der Waals surface area (Å²) in [7, 11) is 0. The van der Waals surface area contributed by atoms with Crippen LogP contribution in [0.2, 0.25) is 0 Å². The molecule has 0 radical (unpaired) electrons. The molecule has 2 heterocycles. The zero-order valence-electron chi connectivity index (χ0n) is 19.8. The maximum absolute atomic E-state index is 13.4. The van der Waals surface area contributed by atoms with E-state index in [2.05, 4.69) is 6.58 Å². The third-order valence-electron chi connectivity index (χ3n) is 6.44. The minimum absolute atomic E-state index is 0.159. The molecule has 0 aliphatic carbocycles. The largest absolute Gasteiger partial charge is 0.416 e. The number of pyridine rings is 1. The predicted octanol–water partition coefficient (Wildman–Crippen LogP) is 5.71. The van der Waals surface area contributed by atoms with Crippen molar-refractivity contribution in [2.24, 2.45) is 0 Å². The van der Waals surface area contributed by atoms with E-state index >= 15 is 0 Å². The van der Waals surface area contributed by atoms with E-state index in [0.717, 1.165) is 23.3 Å². The molecule has 0 spiro atoms. The van der Waals surface area contributed by atoms with Crippen molar-refractivity contribution in [1.82, 2.24) is 4.98 Å². The number of aryl methyl sites for hydroxylation is 1. The molecule has 4 N–H and O–H groups in total. The molecule has 2 aromatic carbocycles. The van der Waals surface area contributed by atoms with Crippen molar-refractivity contribution in [1.29, 1.82) is 0 Å². The molecule has 4 rings (SSSR count). The van der Waals surface area contributed by atoms with Crippen LogP contribution >= 0.6 is 0 Å². The molecule has 8 heteroatoms. The summed E-state index contributed by atoms with van der Waals surface area (Å²) in [5, 5.41) is 20.8. The molecule has 1 fully saturated rings. The van der Waals surface area contributed by atoms with Gasteiger partial charge in [0.05, 0.1) is 34.7 Å². The lowest BCUT2D eigenvalue weighted by molar-refractivity contribution is -0.137. The Morgan fingerprint density at radius 3 is 2.26 bits per heavy atom. The Kier molecular flexibility index (Phi) is 6.15. The molecule has 35 heavy (non-hydrogen) atoms. The maximum Gasteiger partial charge on any atom is 0.416 e. The van der Waals surface area contributed by atoms with Gasteiger partial charge in [0, 0.05) is 17.7 Å². The van der Waals surface area contributed by atoms with Crippen LogP contribution in [0.5, 0.6) is 0 Å². The van der Waals surface area contributed by atoms with Crippen LogP contribution in [0.15, 0.2) is 66.9 Å². The van der Waals surface area contributed by atoms with E-state index < -0.39 is 29.5 Å². The SMILES string of the molecule is C=C1C(O)CC(c2cc(C(F)(F)F)ccc2C)N1c1nc(-c2ccc(C(C)(C)O)cc2)ccc1N. The lowest BCUT2D eigenvalue weighted by Gasteiger charge is -2.29. The Balaban J connectivity index is 1.79. The lowest BCUT2D eigenvalue weighted by atomic mass is 9.96. The molecule has 5 nitrogen and oxygen atoms in total. The van der Waals surface area contributed by atoms with Gasteiger partial charge in [-0.05, 0) is 61.7 Å². The lowest BCUT2D eigenvalue weighted by Crippen LogP contribution is -2.25. The number of halogens is 3. The fourth-order valence-electron chi connectivity index (χ4n) is 4.40. The molecule has 0 bridgehead atoms. The Hall–Kier alpha value is -3.36. The topological polar surface area (TPSA) is 82.6 Å². The van der Waals surface area contributed by atoms with Crippen LogP contribution in [0.25, 0.3) is 11.3 Å². The third kappa shape index (κ3) is 4.76. The average molecular weight is 484 g/mol. The number of alkyl halides is 3. The van der Waals surface area contributed by atoms with Gasteiger partial charge in [0.25, 0.3) is 0 Å². The highest BCUT2D eigenvalue weighted by Gasteiger charge is 2.40. The number of hydrogen-bond donors (Lipinski definition) is 3. The summed E-state index contributed by atoms with van der Waals surface area (Å²) < 4.78 is 40.3. The molecule has 0 amide bonds. The van der Waals surface area contributed by atoms with Crippen molar-refractivity contribution in [2.45, 2.75) is 51.1 Å². The van der Waals surface area contributed by atoms with Crippen LogP contribution < -0.4 is 10.6 Å². The predicted molar refractivity (Wildman–Crippen MR) is 130 cm³/mol. The van der Waals surface area contributed by atoms with Crippen molar-refractivity contribution >= 4 is 11.5 Å². The Morgan fingerprint density at radius 1 is 1.03 bits per heavy atom. The van der Waals surface area contributed by atoms with Gasteiger partial charge < -0.3 is 20.8 Å². The molecular formula is C27H28F3N3O2. The number of nitrogens with zero attached hydrogens (tertiary/aromatic N) is 2. The Labute approximate surface area is 202 Å². The van der Waals surface area contributed by atoms with Crippen LogP contribution in [0.4, 0.5) is 24.7 Å². The highest BCUT2D eigenvalue weighted by molar-refractivity contribution is 5.73. The Morgan fingerprint density at radius 2 is 1.66 bits per heavy atom. The van der Waals surface area contributed by atoms with E-state index in [1.54, 1.807) is 49.9 Å². The minimum atomic E-state index is -4.49. The van der Waals surface area contributed by atoms with Crippen LogP contribution in [0.3, 0.4) is 0 Å². The number of hydrogen-bond acceptors (Lipinski definition) is 5. The number of benzene rings is 2. The van der Waals surface area contributed by atoms with E-state index in [1.807, 2.05) is 12.1 Å². The zero-order valence-corrected chi connectivity index (χ0v) is 19.8. The van der Waals surface area contributed by atoms with Crippen molar-refractivity contribution in [3.63, 3.8) is 0 Å². The van der Waals surface area contributed by atoms with E-state index in [1.165, 1.54) is 6.07 Å². The second-order valence-corrected chi connectivity index (χ2v) is 9.44. The van der Waals surface area contributed by atoms with Crippen molar-refractivity contribution < 1.29 is 23.4 Å². The summed E-state index contributed by atoms with van der Waals surface area (Å²) in [5.41, 5.74) is 8.35. The zero-order chi connectivity index (χ0) is 25.7. The monoisotopic (exact) mass is 483 g/mol. The van der Waals surface area contributed by atoms with Crippen molar-refractivity contribution in [2.75, 3.05) is 10.6 Å². The molecule has 3 aromatic rings. The van der Waals surface area contributed by atoms with Crippen molar-refractivity contribution in [3.05, 3.63) is 89.1 Å². The number of nitrogen functional groups attached to an aromatic ring is 1. The van der Waals surface area contributed by atoms with Crippen LogP contribution in [0.1, 0.15) is 48.6 Å². The number of aromatic nitrogens is 1. The van der Waals surface area contributed by atoms with E-state index in [4.69, 9.17) is 10.7 Å². The highest BCUT2D eigenvalue weighted by atomic mass is 19.4. The average Bonchev–Trinajstić information content (AvgIpc) is 3.07. The summed E-state index contributed by atoms with van der Waals surface area (Å²) in [6, 6.07) is 13.7. The number of aliphatic hydroxyl groups excluding tert-OH is 1. The first-order chi connectivity index (χ1) is 16.3. The number of aliphatic hydroxyl groups is 2.